The molecule has 64 valence electrons. The van der Waals surface area contributed by atoms with E-state index in [4.69, 9.17) is 4.74 Å². The molecular formula is C9H18NO+. The third kappa shape index (κ3) is 1.09. The molecule has 0 N–H and O–H groups in total. The molecule has 11 heavy (non-hydrogen) atoms. The molecule has 2 rings (SSSR count). The first kappa shape index (κ1) is 7.56. The maximum Gasteiger partial charge on any atom is 0.113 e. The topological polar surface area (TPSA) is 9.23 Å². The summed E-state index contributed by atoms with van der Waals surface area (Å²) in [6.07, 6.45) is 4.15. The SMILES string of the molecule is C[N+]1(C)[C@@H]2CCC[C@H]1COC2. The zero-order valence-electron chi connectivity index (χ0n) is 7.55. The van der Waals surface area contributed by atoms with E-state index in [1.54, 1.807) is 0 Å². The van der Waals surface area contributed by atoms with Crippen LogP contribution in [0.2, 0.25) is 0 Å². The van der Waals surface area contributed by atoms with Crippen LogP contribution in [-0.2, 0) is 4.74 Å². The van der Waals surface area contributed by atoms with Gasteiger partial charge in [0.25, 0.3) is 0 Å². The van der Waals surface area contributed by atoms with Crippen molar-refractivity contribution in [2.45, 2.75) is 31.3 Å². The highest BCUT2D eigenvalue weighted by Gasteiger charge is 2.43. The molecular weight excluding hydrogens is 138 g/mol. The fourth-order valence-electron chi connectivity index (χ4n) is 2.44. The Bertz CT molecular complexity index is 132. The molecule has 2 saturated heterocycles. The molecule has 0 saturated carbocycles. The second-order valence-corrected chi connectivity index (χ2v) is 4.41. The average molecular weight is 156 g/mol. The van der Waals surface area contributed by atoms with Gasteiger partial charge < -0.3 is 9.22 Å². The van der Waals surface area contributed by atoms with Crippen LogP contribution < -0.4 is 0 Å². The number of morpholine rings is 1. The highest BCUT2D eigenvalue weighted by Crippen LogP contribution is 2.31. The van der Waals surface area contributed by atoms with E-state index >= 15 is 0 Å². The lowest BCUT2D eigenvalue weighted by molar-refractivity contribution is -0.952. The van der Waals surface area contributed by atoms with Gasteiger partial charge in [0, 0.05) is 12.8 Å². The Morgan fingerprint density at radius 3 is 2.09 bits per heavy atom. The lowest BCUT2D eigenvalue weighted by Gasteiger charge is -2.50. The molecule has 2 heteroatoms. The fourth-order valence-corrected chi connectivity index (χ4v) is 2.44. The van der Waals surface area contributed by atoms with Crippen molar-refractivity contribution in [3.05, 3.63) is 0 Å². The monoisotopic (exact) mass is 156 g/mol. The van der Waals surface area contributed by atoms with Crippen LogP contribution in [0, 0.1) is 0 Å². The normalized spacial score (nSPS) is 42.0. The fraction of sp³-hybridized carbons (Fsp3) is 1.00. The number of likely N-dealkylation sites (N-methyl/N-ethyl adjacent to an activating group) is 1. The van der Waals surface area contributed by atoms with E-state index in [1.165, 1.54) is 23.7 Å². The molecule has 2 bridgehead atoms. The number of rotatable bonds is 0. The predicted molar refractivity (Wildman–Crippen MR) is 44.4 cm³/mol. The maximum absolute atomic E-state index is 5.56. The van der Waals surface area contributed by atoms with E-state index in [0.29, 0.717) is 0 Å². The summed E-state index contributed by atoms with van der Waals surface area (Å²) in [5, 5.41) is 0. The van der Waals surface area contributed by atoms with E-state index in [1.807, 2.05) is 0 Å². The molecule has 2 aliphatic rings. The van der Waals surface area contributed by atoms with Crippen LogP contribution in [0.1, 0.15) is 19.3 Å². The second-order valence-electron chi connectivity index (χ2n) is 4.41. The third-order valence-electron chi connectivity index (χ3n) is 3.58. The van der Waals surface area contributed by atoms with Crippen LogP contribution in [0.4, 0.5) is 0 Å². The van der Waals surface area contributed by atoms with Gasteiger partial charge >= 0.3 is 0 Å². The summed E-state index contributed by atoms with van der Waals surface area (Å²) < 4.78 is 6.76. The highest BCUT2D eigenvalue weighted by molar-refractivity contribution is 4.75. The summed E-state index contributed by atoms with van der Waals surface area (Å²) in [7, 11) is 4.72. The Balaban J connectivity index is 2.17. The van der Waals surface area contributed by atoms with Gasteiger partial charge in [-0.05, 0) is 6.42 Å². The lowest BCUT2D eigenvalue weighted by Crippen LogP contribution is -2.64. The minimum absolute atomic E-state index is 0.780. The molecule has 2 fully saturated rings. The second kappa shape index (κ2) is 2.46. The Morgan fingerprint density at radius 1 is 1.09 bits per heavy atom. The number of piperidine rings is 1. The van der Waals surface area contributed by atoms with Crippen LogP contribution >= 0.6 is 0 Å². The number of fused-ring (bicyclic) bond motifs is 2. The van der Waals surface area contributed by atoms with Gasteiger partial charge in [0.2, 0.25) is 0 Å². The van der Waals surface area contributed by atoms with Crippen LogP contribution in [0.3, 0.4) is 0 Å². The minimum Gasteiger partial charge on any atom is -0.369 e. The van der Waals surface area contributed by atoms with Crippen molar-refractivity contribution in [2.24, 2.45) is 0 Å². The first-order valence-corrected chi connectivity index (χ1v) is 4.62. The van der Waals surface area contributed by atoms with Gasteiger partial charge in [-0.2, -0.15) is 0 Å². The zero-order chi connectivity index (χ0) is 7.90. The number of ether oxygens (including phenoxy) is 1. The Kier molecular flexibility index (Phi) is 1.69. The molecule has 2 heterocycles. The summed E-state index contributed by atoms with van der Waals surface area (Å²) in [6.45, 7) is 1.98. The summed E-state index contributed by atoms with van der Waals surface area (Å²) in [5.74, 6) is 0. The van der Waals surface area contributed by atoms with Crippen LogP contribution in [-0.4, -0.2) is 43.9 Å². The Hall–Kier alpha value is -0.0800. The van der Waals surface area contributed by atoms with Crippen molar-refractivity contribution >= 4 is 0 Å². The molecule has 2 nitrogen and oxygen atoms in total. The van der Waals surface area contributed by atoms with Crippen molar-refractivity contribution in [2.75, 3.05) is 27.3 Å². The smallest absolute Gasteiger partial charge is 0.113 e. The van der Waals surface area contributed by atoms with Crippen molar-refractivity contribution in [3.8, 4) is 0 Å². The lowest BCUT2D eigenvalue weighted by atomic mass is 9.92. The van der Waals surface area contributed by atoms with E-state index in [2.05, 4.69) is 14.1 Å². The molecule has 0 unspecified atom stereocenters. The van der Waals surface area contributed by atoms with Gasteiger partial charge in [-0.25, -0.2) is 0 Å². The predicted octanol–water partition coefficient (Wildman–Crippen LogP) is 1.01. The molecule has 0 aliphatic carbocycles. The number of hydrogen-bond donors (Lipinski definition) is 0. The summed E-state index contributed by atoms with van der Waals surface area (Å²) in [6, 6.07) is 1.56. The van der Waals surface area contributed by atoms with Gasteiger partial charge in [0.1, 0.15) is 12.1 Å². The van der Waals surface area contributed by atoms with Gasteiger partial charge in [-0.15, -0.1) is 0 Å². The van der Waals surface area contributed by atoms with Gasteiger partial charge in [-0.1, -0.05) is 0 Å². The summed E-state index contributed by atoms with van der Waals surface area (Å²) in [4.78, 5) is 0. The third-order valence-corrected chi connectivity index (χ3v) is 3.58. The van der Waals surface area contributed by atoms with Gasteiger partial charge in [0.15, 0.2) is 0 Å². The molecule has 2 atom stereocenters. The number of quaternary nitrogens is 1. The molecule has 0 aromatic heterocycles. The Labute approximate surface area is 68.7 Å². The van der Waals surface area contributed by atoms with E-state index in [-0.39, 0.29) is 0 Å². The summed E-state index contributed by atoms with van der Waals surface area (Å²) >= 11 is 0. The molecule has 2 aliphatic heterocycles. The van der Waals surface area contributed by atoms with Crippen molar-refractivity contribution in [1.82, 2.24) is 0 Å². The van der Waals surface area contributed by atoms with Crippen LogP contribution in [0.25, 0.3) is 0 Å². The molecule has 0 aromatic rings. The van der Waals surface area contributed by atoms with Gasteiger partial charge in [-0.3, -0.25) is 0 Å². The highest BCUT2D eigenvalue weighted by atomic mass is 16.5. The zero-order valence-corrected chi connectivity index (χ0v) is 7.55. The maximum atomic E-state index is 5.56. The van der Waals surface area contributed by atoms with E-state index < -0.39 is 0 Å². The van der Waals surface area contributed by atoms with Crippen molar-refractivity contribution < 1.29 is 9.22 Å². The standard InChI is InChI=1S/C9H18NO/c1-10(2)8-4-3-5-9(10)7-11-6-8/h8-9H,3-7H2,1-2H3/q+1/t8-,9+. The van der Waals surface area contributed by atoms with Crippen LogP contribution in [0.15, 0.2) is 0 Å². The average Bonchev–Trinajstić information content (AvgIpc) is 1.82. The minimum atomic E-state index is 0.780. The summed E-state index contributed by atoms with van der Waals surface area (Å²) in [5.41, 5.74) is 0. The van der Waals surface area contributed by atoms with E-state index in [9.17, 15) is 0 Å². The quantitative estimate of drug-likeness (QED) is 0.476. The first-order valence-electron chi connectivity index (χ1n) is 4.62. The number of hydrogen-bond acceptors (Lipinski definition) is 1. The van der Waals surface area contributed by atoms with Crippen molar-refractivity contribution in [1.29, 1.82) is 0 Å². The van der Waals surface area contributed by atoms with Crippen molar-refractivity contribution in [3.63, 3.8) is 0 Å². The van der Waals surface area contributed by atoms with Crippen LogP contribution in [0.5, 0.6) is 0 Å². The first-order chi connectivity index (χ1) is 5.21. The Morgan fingerprint density at radius 2 is 1.64 bits per heavy atom. The van der Waals surface area contributed by atoms with E-state index in [0.717, 1.165) is 25.3 Å². The molecule has 0 radical (unpaired) electrons. The molecule has 0 amide bonds. The largest absolute Gasteiger partial charge is 0.369 e. The molecule has 0 aromatic carbocycles. The van der Waals surface area contributed by atoms with Gasteiger partial charge in [0.05, 0.1) is 27.3 Å². The number of nitrogens with zero attached hydrogens (tertiary/aromatic N) is 1. The molecule has 0 spiro atoms.